The standard InChI is InChI=1S/C37H32F18N2O/c38-27-24(28-56-18-23(19-57-28)22-14-12-21(13-15-22)9-7-5-3-1-2-4-6-8-20-10-11-20)16-17-25-26(27)30(39,40)29(58-25)31(41,42)32(43,44)33(45,46)34(47,48)35(49,50)36(51,52)37(53,54)55/h12-20,29H,1-11H2. The summed E-state index contributed by atoms with van der Waals surface area (Å²) in [6.45, 7) is 0. The van der Waals surface area contributed by atoms with Crippen LogP contribution in [0.15, 0.2) is 48.8 Å². The summed E-state index contributed by atoms with van der Waals surface area (Å²) in [5.74, 6) is -59.8. The van der Waals surface area contributed by atoms with E-state index in [0.29, 0.717) is 17.2 Å². The third-order valence-corrected chi connectivity index (χ3v) is 10.1. The van der Waals surface area contributed by atoms with E-state index in [2.05, 4.69) is 14.7 Å². The third kappa shape index (κ3) is 7.78. The Labute approximate surface area is 318 Å². The fraction of sp³-hybridized carbons (Fsp3) is 0.568. The van der Waals surface area contributed by atoms with Crippen molar-refractivity contribution in [3.63, 3.8) is 0 Å². The molecule has 1 aliphatic carbocycles. The Hall–Kier alpha value is -3.94. The van der Waals surface area contributed by atoms with Gasteiger partial charge in [0, 0.05) is 18.0 Å². The van der Waals surface area contributed by atoms with Crippen molar-refractivity contribution in [3.8, 4) is 28.3 Å². The van der Waals surface area contributed by atoms with E-state index < -0.39 is 82.3 Å². The molecule has 1 aromatic heterocycles. The molecule has 1 saturated carbocycles. The van der Waals surface area contributed by atoms with Crippen LogP contribution in [0.25, 0.3) is 22.5 Å². The topological polar surface area (TPSA) is 35.0 Å². The Morgan fingerprint density at radius 3 is 1.62 bits per heavy atom. The van der Waals surface area contributed by atoms with Crippen LogP contribution in [0.2, 0.25) is 0 Å². The number of benzene rings is 2. The van der Waals surface area contributed by atoms with Gasteiger partial charge in [0.15, 0.2) is 5.82 Å². The van der Waals surface area contributed by atoms with Gasteiger partial charge in [-0.1, -0.05) is 82.1 Å². The van der Waals surface area contributed by atoms with Crippen molar-refractivity contribution in [2.24, 2.45) is 5.92 Å². The van der Waals surface area contributed by atoms with Crippen molar-refractivity contribution in [2.45, 2.75) is 124 Å². The highest BCUT2D eigenvalue weighted by Crippen LogP contribution is 2.65. The first-order valence-electron chi connectivity index (χ1n) is 17.8. The molecule has 3 nitrogen and oxygen atoms in total. The minimum absolute atomic E-state index is 0.201. The number of rotatable bonds is 18. The molecule has 0 amide bonds. The Bertz CT molecular complexity index is 1890. The zero-order valence-corrected chi connectivity index (χ0v) is 29.7. The van der Waals surface area contributed by atoms with Crippen molar-refractivity contribution < 1.29 is 83.8 Å². The highest BCUT2D eigenvalue weighted by molar-refractivity contribution is 5.66. The lowest BCUT2D eigenvalue weighted by Crippen LogP contribution is -2.74. The van der Waals surface area contributed by atoms with Gasteiger partial charge in [0.1, 0.15) is 17.1 Å². The predicted octanol–water partition coefficient (Wildman–Crippen LogP) is 13.2. The highest BCUT2D eigenvalue weighted by Gasteiger charge is 2.94. The Balaban J connectivity index is 1.28. The van der Waals surface area contributed by atoms with E-state index in [0.717, 1.165) is 49.6 Å². The third-order valence-electron chi connectivity index (χ3n) is 10.1. The van der Waals surface area contributed by atoms with E-state index in [1.807, 2.05) is 12.1 Å². The van der Waals surface area contributed by atoms with Gasteiger partial charge in [0.2, 0.25) is 6.10 Å². The van der Waals surface area contributed by atoms with Crippen LogP contribution >= 0.6 is 0 Å². The van der Waals surface area contributed by atoms with Crippen molar-refractivity contribution in [1.29, 1.82) is 0 Å². The van der Waals surface area contributed by atoms with E-state index in [1.54, 1.807) is 12.1 Å². The molecule has 1 fully saturated rings. The molecule has 3 aromatic rings. The van der Waals surface area contributed by atoms with Crippen LogP contribution in [0.1, 0.15) is 75.3 Å². The fourth-order valence-electron chi connectivity index (χ4n) is 6.45. The number of alkyl halides is 17. The molecule has 0 N–H and O–H groups in total. The first-order chi connectivity index (χ1) is 26.6. The second-order valence-electron chi connectivity index (χ2n) is 14.4. The normalized spacial score (nSPS) is 18.0. The maximum atomic E-state index is 15.5. The number of aromatic nitrogens is 2. The minimum Gasteiger partial charge on any atom is -0.476 e. The van der Waals surface area contributed by atoms with Crippen LogP contribution in [0.5, 0.6) is 5.75 Å². The quantitative estimate of drug-likeness (QED) is 0.0944. The molecule has 0 radical (unpaired) electrons. The molecular weight excluding hydrogens is 830 g/mol. The molecule has 2 aromatic carbocycles. The van der Waals surface area contributed by atoms with Crippen LogP contribution in [0.4, 0.5) is 79.0 Å². The van der Waals surface area contributed by atoms with Crippen molar-refractivity contribution in [2.75, 3.05) is 0 Å². The number of halogens is 18. The summed E-state index contributed by atoms with van der Waals surface area (Å²) < 4.78 is 256. The van der Waals surface area contributed by atoms with E-state index in [1.165, 1.54) is 44.9 Å². The summed E-state index contributed by atoms with van der Waals surface area (Å²) in [6, 6.07) is 7.76. The van der Waals surface area contributed by atoms with Crippen molar-refractivity contribution >= 4 is 0 Å². The molecule has 2 heterocycles. The van der Waals surface area contributed by atoms with Gasteiger partial charge in [-0.15, -0.1) is 0 Å². The Kier molecular flexibility index (Phi) is 12.1. The molecule has 58 heavy (non-hydrogen) atoms. The minimum atomic E-state index is -8.70. The van der Waals surface area contributed by atoms with Gasteiger partial charge in [0.25, 0.3) is 0 Å². The summed E-state index contributed by atoms with van der Waals surface area (Å²) >= 11 is 0. The van der Waals surface area contributed by atoms with Crippen LogP contribution in [-0.4, -0.2) is 57.8 Å². The smallest absolute Gasteiger partial charge is 0.460 e. The van der Waals surface area contributed by atoms with Crippen LogP contribution < -0.4 is 4.74 Å². The van der Waals surface area contributed by atoms with E-state index in [-0.39, 0.29) is 6.07 Å². The number of aryl methyl sites for hydroxylation is 1. The number of unbranched alkanes of at least 4 members (excludes halogenated alkanes) is 6. The number of hydrogen-bond acceptors (Lipinski definition) is 3. The lowest BCUT2D eigenvalue weighted by atomic mass is 9.87. The van der Waals surface area contributed by atoms with Crippen LogP contribution in [-0.2, 0) is 12.3 Å². The lowest BCUT2D eigenvalue weighted by molar-refractivity contribution is -0.457. The molecule has 0 saturated heterocycles. The second kappa shape index (κ2) is 15.6. The van der Waals surface area contributed by atoms with Gasteiger partial charge in [-0.2, -0.15) is 74.6 Å². The van der Waals surface area contributed by atoms with Crippen LogP contribution in [0.3, 0.4) is 0 Å². The van der Waals surface area contributed by atoms with E-state index >= 15 is 13.2 Å². The fourth-order valence-corrected chi connectivity index (χ4v) is 6.45. The number of nitrogens with zero attached hydrogens (tertiary/aromatic N) is 2. The maximum absolute atomic E-state index is 15.5. The van der Waals surface area contributed by atoms with Crippen molar-refractivity contribution in [3.05, 3.63) is 65.7 Å². The predicted molar refractivity (Wildman–Crippen MR) is 170 cm³/mol. The largest absolute Gasteiger partial charge is 0.476 e. The second-order valence-corrected chi connectivity index (χ2v) is 14.4. The number of hydrogen-bond donors (Lipinski definition) is 0. The Morgan fingerprint density at radius 2 is 1.09 bits per heavy atom. The van der Waals surface area contributed by atoms with Gasteiger partial charge in [-0.3, -0.25) is 0 Å². The summed E-state index contributed by atoms with van der Waals surface area (Å²) in [5, 5.41) is 0. The molecule has 0 spiro atoms. The van der Waals surface area contributed by atoms with Gasteiger partial charge in [0.05, 0.1) is 5.56 Å². The van der Waals surface area contributed by atoms with Gasteiger partial charge >= 0.3 is 47.6 Å². The molecule has 1 aliphatic heterocycles. The highest BCUT2D eigenvalue weighted by atomic mass is 19.4. The zero-order chi connectivity index (χ0) is 43.3. The summed E-state index contributed by atoms with van der Waals surface area (Å²) in [5.41, 5.74) is -1.55. The maximum Gasteiger partial charge on any atom is 0.460 e. The number of ether oxygens (including phenoxy) is 1. The molecule has 1 unspecified atom stereocenters. The monoisotopic (exact) mass is 862 g/mol. The molecule has 322 valence electrons. The zero-order valence-electron chi connectivity index (χ0n) is 29.7. The summed E-state index contributed by atoms with van der Waals surface area (Å²) in [6.07, 6.45) is 2.08. The average molecular weight is 863 g/mol. The Morgan fingerprint density at radius 1 is 0.586 bits per heavy atom. The SMILES string of the molecule is Fc1c(-c2ncc(-c3ccc(CCCCCCCCCC4CC4)cc3)cn2)ccc2c1C(F)(F)C(C(F)(F)C(F)(F)C(F)(F)C(F)(F)C(F)(F)C(F)(F)C(F)(F)F)O2. The average Bonchev–Trinajstić information content (AvgIpc) is 3.92. The van der Waals surface area contributed by atoms with Crippen LogP contribution in [0, 0.1) is 11.7 Å². The lowest BCUT2D eigenvalue weighted by Gasteiger charge is -2.42. The van der Waals surface area contributed by atoms with E-state index in [4.69, 9.17) is 0 Å². The molecule has 0 bridgehead atoms. The molecule has 1 atom stereocenters. The summed E-state index contributed by atoms with van der Waals surface area (Å²) in [7, 11) is 0. The summed E-state index contributed by atoms with van der Waals surface area (Å²) in [4.78, 5) is 7.63. The molecule has 21 heteroatoms. The van der Waals surface area contributed by atoms with Crippen molar-refractivity contribution in [1.82, 2.24) is 9.97 Å². The van der Waals surface area contributed by atoms with Gasteiger partial charge in [-0.05, 0) is 42.0 Å². The van der Waals surface area contributed by atoms with Gasteiger partial charge in [-0.25, -0.2) is 14.4 Å². The molecule has 2 aliphatic rings. The molecule has 5 rings (SSSR count). The first-order valence-corrected chi connectivity index (χ1v) is 17.8. The van der Waals surface area contributed by atoms with Gasteiger partial charge < -0.3 is 4.74 Å². The van der Waals surface area contributed by atoms with E-state index in [9.17, 15) is 65.9 Å². The molecular formula is C37H32F18N2O. The number of fused-ring (bicyclic) bond motifs is 1. The first kappa shape index (κ1) is 45.1.